The Labute approximate surface area is 251 Å². The molecule has 2 aliphatic carbocycles. The Kier molecular flexibility index (Phi) is 14.2. The number of benzene rings is 2. The molecule has 2 aromatic carbocycles. The molecule has 0 aromatic heterocycles. The van der Waals surface area contributed by atoms with Gasteiger partial charge in [-0.05, 0) is 104 Å². The van der Waals surface area contributed by atoms with Gasteiger partial charge in [0, 0.05) is 5.56 Å². The smallest absolute Gasteiger partial charge is 0.131 e. The number of hydrogen-bond acceptors (Lipinski definition) is 0. The minimum absolute atomic E-state index is 0.0687. The zero-order chi connectivity index (χ0) is 28.7. The molecule has 0 heterocycles. The van der Waals surface area contributed by atoms with E-state index in [2.05, 4.69) is 37.3 Å². The van der Waals surface area contributed by atoms with E-state index < -0.39 is 0 Å². The highest BCUT2D eigenvalue weighted by atomic mass is 19.1. The summed E-state index contributed by atoms with van der Waals surface area (Å²) in [6, 6.07) is 14.9. The van der Waals surface area contributed by atoms with Crippen molar-refractivity contribution in [2.45, 2.75) is 154 Å². The molecule has 2 saturated carbocycles. The van der Waals surface area contributed by atoms with Gasteiger partial charge in [-0.3, -0.25) is 4.39 Å². The fourth-order valence-electron chi connectivity index (χ4n) is 7.79. The molecule has 2 aliphatic rings. The quantitative estimate of drug-likeness (QED) is 0.168. The molecule has 2 aromatic rings. The minimum atomic E-state index is -0.169. The summed E-state index contributed by atoms with van der Waals surface area (Å²) < 4.78 is 27.5. The summed E-state index contributed by atoms with van der Waals surface area (Å²) in [6.07, 6.45) is 26.9. The van der Waals surface area contributed by atoms with E-state index in [0.717, 1.165) is 35.8 Å². The third kappa shape index (κ3) is 10.5. The molecule has 0 radical (unpaired) electrons. The number of alkyl halides is 1. The van der Waals surface area contributed by atoms with Gasteiger partial charge in [-0.25, -0.2) is 4.39 Å². The summed E-state index contributed by atoms with van der Waals surface area (Å²) in [5, 5.41) is 0. The van der Waals surface area contributed by atoms with Gasteiger partial charge in [-0.2, -0.15) is 0 Å². The second kappa shape index (κ2) is 18.1. The average molecular weight is 565 g/mol. The van der Waals surface area contributed by atoms with Crippen molar-refractivity contribution in [1.82, 2.24) is 0 Å². The van der Waals surface area contributed by atoms with Crippen molar-refractivity contribution in [3.63, 3.8) is 0 Å². The molecule has 0 amide bonds. The van der Waals surface area contributed by atoms with Crippen LogP contribution in [0.5, 0.6) is 0 Å². The van der Waals surface area contributed by atoms with Gasteiger partial charge in [0.25, 0.3) is 0 Å². The lowest BCUT2D eigenvalue weighted by molar-refractivity contribution is 0.301. The zero-order valence-corrected chi connectivity index (χ0v) is 26.2. The van der Waals surface area contributed by atoms with Crippen LogP contribution >= 0.6 is 0 Å². The maximum Gasteiger partial charge on any atom is 0.131 e. The maximum absolute atomic E-state index is 15.3. The molecule has 228 valence electrons. The summed E-state index contributed by atoms with van der Waals surface area (Å²) in [4.78, 5) is 0. The lowest BCUT2D eigenvalue weighted by atomic mass is 9.76. The normalized spacial score (nSPS) is 23.1. The molecule has 2 fully saturated rings. The molecule has 2 heteroatoms. The van der Waals surface area contributed by atoms with Crippen LogP contribution < -0.4 is 0 Å². The monoisotopic (exact) mass is 564 g/mol. The summed E-state index contributed by atoms with van der Waals surface area (Å²) in [7, 11) is 0. The molecule has 0 nitrogen and oxygen atoms in total. The first-order chi connectivity index (χ1) is 20.2. The molecule has 0 N–H and O–H groups in total. The van der Waals surface area contributed by atoms with Crippen LogP contribution in [-0.4, -0.2) is 6.67 Å². The minimum Gasteiger partial charge on any atom is -0.251 e. The first-order valence-electron chi connectivity index (χ1n) is 17.6. The summed E-state index contributed by atoms with van der Waals surface area (Å²) >= 11 is 0. The van der Waals surface area contributed by atoms with Crippen LogP contribution in [0.2, 0.25) is 0 Å². The summed E-state index contributed by atoms with van der Waals surface area (Å²) in [5.41, 5.74) is 4.37. The third-order valence-electron chi connectivity index (χ3n) is 10.6. The SMILES string of the molecule is CCCCCCCC[C@H]1CC[C@H](c2ccc(-c3ccc([C@H]4CC[C@H](CCCCCCCF)CC4)cc3F)cc2)CC1. The molecule has 4 rings (SSSR count). The van der Waals surface area contributed by atoms with Crippen molar-refractivity contribution >= 4 is 0 Å². The van der Waals surface area contributed by atoms with E-state index in [1.165, 1.54) is 133 Å². The van der Waals surface area contributed by atoms with Crippen LogP contribution in [0.3, 0.4) is 0 Å². The van der Waals surface area contributed by atoms with Crippen molar-refractivity contribution in [1.29, 1.82) is 0 Å². The topological polar surface area (TPSA) is 0 Å². The van der Waals surface area contributed by atoms with Gasteiger partial charge in [-0.1, -0.05) is 120 Å². The van der Waals surface area contributed by atoms with E-state index in [9.17, 15) is 4.39 Å². The van der Waals surface area contributed by atoms with E-state index in [1.54, 1.807) is 0 Å². The van der Waals surface area contributed by atoms with Crippen molar-refractivity contribution < 1.29 is 8.78 Å². The van der Waals surface area contributed by atoms with Gasteiger partial charge in [-0.15, -0.1) is 0 Å². The Balaban J connectivity index is 1.19. The number of halogens is 2. The first kappa shape index (κ1) is 32.2. The highest BCUT2D eigenvalue weighted by Gasteiger charge is 2.24. The van der Waals surface area contributed by atoms with Crippen LogP contribution in [0, 0.1) is 17.7 Å². The highest BCUT2D eigenvalue weighted by Crippen LogP contribution is 2.40. The van der Waals surface area contributed by atoms with Gasteiger partial charge >= 0.3 is 0 Å². The Bertz CT molecular complexity index is 964. The molecular formula is C39H58F2. The van der Waals surface area contributed by atoms with Crippen LogP contribution in [0.25, 0.3) is 11.1 Å². The van der Waals surface area contributed by atoms with Crippen molar-refractivity contribution in [2.75, 3.05) is 6.67 Å². The Morgan fingerprint density at radius 2 is 1.05 bits per heavy atom. The van der Waals surface area contributed by atoms with Gasteiger partial charge in [0.15, 0.2) is 0 Å². The largest absolute Gasteiger partial charge is 0.251 e. The molecule has 0 atom stereocenters. The highest BCUT2D eigenvalue weighted by molar-refractivity contribution is 5.65. The molecular weight excluding hydrogens is 506 g/mol. The predicted molar refractivity (Wildman–Crippen MR) is 173 cm³/mol. The average Bonchev–Trinajstić information content (AvgIpc) is 3.01. The Hall–Kier alpha value is -1.70. The van der Waals surface area contributed by atoms with E-state index in [0.29, 0.717) is 11.8 Å². The lowest BCUT2D eigenvalue weighted by Gasteiger charge is -2.29. The van der Waals surface area contributed by atoms with Crippen LogP contribution in [0.15, 0.2) is 42.5 Å². The van der Waals surface area contributed by atoms with Gasteiger partial charge in [0.2, 0.25) is 0 Å². The second-order valence-electron chi connectivity index (χ2n) is 13.6. The fraction of sp³-hybridized carbons (Fsp3) is 0.692. The van der Waals surface area contributed by atoms with E-state index in [-0.39, 0.29) is 12.5 Å². The molecule has 0 unspecified atom stereocenters. The predicted octanol–water partition coefficient (Wildman–Crippen LogP) is 13.1. The molecule has 0 aliphatic heterocycles. The molecule has 0 saturated heterocycles. The van der Waals surface area contributed by atoms with Crippen molar-refractivity contribution in [3.05, 3.63) is 59.4 Å². The zero-order valence-electron chi connectivity index (χ0n) is 26.2. The lowest BCUT2D eigenvalue weighted by Crippen LogP contribution is -2.13. The van der Waals surface area contributed by atoms with Gasteiger partial charge < -0.3 is 0 Å². The van der Waals surface area contributed by atoms with Crippen molar-refractivity contribution in [2.24, 2.45) is 11.8 Å². The summed E-state index contributed by atoms with van der Waals surface area (Å²) in [6.45, 7) is 2.12. The number of rotatable bonds is 17. The van der Waals surface area contributed by atoms with E-state index in [4.69, 9.17) is 0 Å². The Morgan fingerprint density at radius 3 is 1.59 bits per heavy atom. The fourth-order valence-corrected chi connectivity index (χ4v) is 7.79. The number of unbranched alkanes of at least 4 members (excludes halogenated alkanes) is 9. The van der Waals surface area contributed by atoms with E-state index in [1.807, 2.05) is 12.1 Å². The third-order valence-corrected chi connectivity index (χ3v) is 10.6. The molecule has 0 bridgehead atoms. The van der Waals surface area contributed by atoms with Crippen LogP contribution in [-0.2, 0) is 0 Å². The van der Waals surface area contributed by atoms with Crippen molar-refractivity contribution in [3.8, 4) is 11.1 Å². The first-order valence-corrected chi connectivity index (χ1v) is 17.6. The van der Waals surface area contributed by atoms with Crippen LogP contribution in [0.1, 0.15) is 165 Å². The molecule has 0 spiro atoms. The maximum atomic E-state index is 15.3. The number of hydrogen-bond donors (Lipinski definition) is 0. The van der Waals surface area contributed by atoms with Gasteiger partial charge in [0.1, 0.15) is 5.82 Å². The second-order valence-corrected chi connectivity index (χ2v) is 13.6. The van der Waals surface area contributed by atoms with Gasteiger partial charge in [0.05, 0.1) is 6.67 Å². The Morgan fingerprint density at radius 1 is 0.561 bits per heavy atom. The van der Waals surface area contributed by atoms with Crippen LogP contribution in [0.4, 0.5) is 8.78 Å². The molecule has 41 heavy (non-hydrogen) atoms. The van der Waals surface area contributed by atoms with E-state index >= 15 is 4.39 Å². The standard InChI is InChI=1S/C39H58F2/c1-2-3-4-5-7-10-13-31-15-19-33(20-16-31)34-23-25-36(26-24-34)38-28-27-37(30-39(38)41)35-21-17-32(18-22-35)14-11-8-6-9-12-29-40/h23-28,30-33,35H,2-22,29H2,1H3/t31-,32-,33-,35-. The summed E-state index contributed by atoms with van der Waals surface area (Å²) in [5.74, 6) is 2.86.